The van der Waals surface area contributed by atoms with Crippen LogP contribution in [0.5, 0.6) is 0 Å². The minimum atomic E-state index is -0.495. The van der Waals surface area contributed by atoms with Crippen LogP contribution in [-0.4, -0.2) is 17.3 Å². The predicted molar refractivity (Wildman–Crippen MR) is 63.7 cm³/mol. The van der Waals surface area contributed by atoms with E-state index in [4.69, 9.17) is 5.73 Å². The topological polar surface area (TPSA) is 46.2 Å². The second-order valence-electron chi connectivity index (χ2n) is 4.33. The van der Waals surface area contributed by atoms with E-state index in [-0.39, 0.29) is 17.8 Å². The van der Waals surface area contributed by atoms with Crippen molar-refractivity contribution < 1.29 is 9.50 Å². The van der Waals surface area contributed by atoms with Gasteiger partial charge in [-0.15, -0.1) is 0 Å². The molecule has 1 aromatic carbocycles. The van der Waals surface area contributed by atoms with Gasteiger partial charge in [-0.25, -0.2) is 4.39 Å². The molecule has 0 fully saturated rings. The molecule has 0 spiro atoms. The van der Waals surface area contributed by atoms with Crippen LogP contribution in [0.15, 0.2) is 24.3 Å². The SMILES string of the molecule is CCC(N)C(O)CC(C)c1ccc(F)cc1. The summed E-state index contributed by atoms with van der Waals surface area (Å²) in [4.78, 5) is 0. The molecular formula is C13H20FNO. The van der Waals surface area contributed by atoms with Crippen LogP contribution >= 0.6 is 0 Å². The van der Waals surface area contributed by atoms with E-state index in [1.165, 1.54) is 12.1 Å². The normalized spacial score (nSPS) is 16.8. The molecule has 0 saturated carbocycles. The van der Waals surface area contributed by atoms with E-state index in [9.17, 15) is 9.50 Å². The third kappa shape index (κ3) is 3.58. The van der Waals surface area contributed by atoms with Crippen LogP contribution < -0.4 is 5.73 Å². The standard InChI is InChI=1S/C13H20FNO/c1-3-12(15)13(16)8-9(2)10-4-6-11(14)7-5-10/h4-7,9,12-13,16H,3,8,15H2,1-2H3. The molecule has 0 aliphatic rings. The smallest absolute Gasteiger partial charge is 0.123 e. The summed E-state index contributed by atoms with van der Waals surface area (Å²) >= 11 is 0. The minimum Gasteiger partial charge on any atom is -0.391 e. The summed E-state index contributed by atoms with van der Waals surface area (Å²) in [7, 11) is 0. The summed E-state index contributed by atoms with van der Waals surface area (Å²) < 4.78 is 12.7. The van der Waals surface area contributed by atoms with Gasteiger partial charge in [-0.05, 0) is 36.5 Å². The maximum atomic E-state index is 12.7. The van der Waals surface area contributed by atoms with Gasteiger partial charge in [-0.3, -0.25) is 0 Å². The molecule has 0 amide bonds. The van der Waals surface area contributed by atoms with Gasteiger partial charge in [0.1, 0.15) is 5.82 Å². The number of nitrogens with two attached hydrogens (primary N) is 1. The number of rotatable bonds is 5. The van der Waals surface area contributed by atoms with Crippen LogP contribution in [0.4, 0.5) is 4.39 Å². The number of hydrogen-bond donors (Lipinski definition) is 2. The van der Waals surface area contributed by atoms with Crippen molar-refractivity contribution in [3.05, 3.63) is 35.6 Å². The van der Waals surface area contributed by atoms with E-state index in [1.807, 2.05) is 13.8 Å². The molecule has 3 N–H and O–H groups in total. The molecular weight excluding hydrogens is 205 g/mol. The monoisotopic (exact) mass is 225 g/mol. The Morgan fingerprint density at radius 2 is 1.88 bits per heavy atom. The molecule has 3 heteroatoms. The molecule has 0 aliphatic heterocycles. The van der Waals surface area contributed by atoms with Crippen LogP contribution in [0.2, 0.25) is 0 Å². The van der Waals surface area contributed by atoms with Crippen molar-refractivity contribution in [1.29, 1.82) is 0 Å². The average Bonchev–Trinajstić information content (AvgIpc) is 2.28. The number of hydrogen-bond acceptors (Lipinski definition) is 2. The zero-order valence-corrected chi connectivity index (χ0v) is 9.86. The lowest BCUT2D eigenvalue weighted by atomic mass is 9.92. The molecule has 1 aromatic rings. The van der Waals surface area contributed by atoms with Crippen molar-refractivity contribution in [3.63, 3.8) is 0 Å². The van der Waals surface area contributed by atoms with Crippen molar-refractivity contribution >= 4 is 0 Å². The Morgan fingerprint density at radius 3 is 2.38 bits per heavy atom. The Hall–Kier alpha value is -0.930. The summed E-state index contributed by atoms with van der Waals surface area (Å²) in [6.45, 7) is 3.97. The van der Waals surface area contributed by atoms with E-state index < -0.39 is 6.10 Å². The average molecular weight is 225 g/mol. The quantitative estimate of drug-likeness (QED) is 0.808. The van der Waals surface area contributed by atoms with E-state index in [0.29, 0.717) is 6.42 Å². The number of aliphatic hydroxyl groups is 1. The Labute approximate surface area is 96.3 Å². The summed E-state index contributed by atoms with van der Waals surface area (Å²) in [5.74, 6) is -0.0463. The molecule has 0 aliphatic carbocycles. The van der Waals surface area contributed by atoms with E-state index in [0.717, 1.165) is 12.0 Å². The molecule has 3 atom stereocenters. The van der Waals surface area contributed by atoms with Crippen molar-refractivity contribution in [2.24, 2.45) is 5.73 Å². The van der Waals surface area contributed by atoms with Gasteiger partial charge in [0.05, 0.1) is 6.10 Å². The van der Waals surface area contributed by atoms with Crippen molar-refractivity contribution in [2.75, 3.05) is 0 Å². The molecule has 90 valence electrons. The molecule has 0 saturated heterocycles. The largest absolute Gasteiger partial charge is 0.391 e. The molecule has 0 heterocycles. The summed E-state index contributed by atoms with van der Waals surface area (Å²) in [5, 5.41) is 9.80. The van der Waals surface area contributed by atoms with E-state index in [1.54, 1.807) is 12.1 Å². The first-order valence-electron chi connectivity index (χ1n) is 5.73. The van der Waals surface area contributed by atoms with Crippen LogP contribution in [0.3, 0.4) is 0 Å². The molecule has 0 aromatic heterocycles. The zero-order valence-electron chi connectivity index (χ0n) is 9.86. The maximum Gasteiger partial charge on any atom is 0.123 e. The molecule has 2 nitrogen and oxygen atoms in total. The number of benzene rings is 1. The first-order chi connectivity index (χ1) is 7.54. The minimum absolute atomic E-state index is 0.178. The first-order valence-corrected chi connectivity index (χ1v) is 5.73. The zero-order chi connectivity index (χ0) is 12.1. The fraction of sp³-hybridized carbons (Fsp3) is 0.538. The highest BCUT2D eigenvalue weighted by atomic mass is 19.1. The van der Waals surface area contributed by atoms with Crippen molar-refractivity contribution in [1.82, 2.24) is 0 Å². The highest BCUT2D eigenvalue weighted by molar-refractivity contribution is 5.19. The number of halogens is 1. The molecule has 0 bridgehead atoms. The molecule has 3 unspecified atom stereocenters. The summed E-state index contributed by atoms with van der Waals surface area (Å²) in [6, 6.07) is 6.22. The lowest BCUT2D eigenvalue weighted by molar-refractivity contribution is 0.126. The van der Waals surface area contributed by atoms with Crippen LogP contribution in [-0.2, 0) is 0 Å². The van der Waals surface area contributed by atoms with Gasteiger partial charge in [-0.1, -0.05) is 26.0 Å². The van der Waals surface area contributed by atoms with Gasteiger partial charge in [0.2, 0.25) is 0 Å². The van der Waals surface area contributed by atoms with Gasteiger partial charge in [0.15, 0.2) is 0 Å². The lowest BCUT2D eigenvalue weighted by Gasteiger charge is -2.21. The van der Waals surface area contributed by atoms with Crippen LogP contribution in [0, 0.1) is 5.82 Å². The van der Waals surface area contributed by atoms with Crippen LogP contribution in [0.1, 0.15) is 38.2 Å². The van der Waals surface area contributed by atoms with E-state index in [2.05, 4.69) is 0 Å². The second kappa shape index (κ2) is 5.97. The Balaban J connectivity index is 2.58. The van der Waals surface area contributed by atoms with Crippen molar-refractivity contribution in [3.8, 4) is 0 Å². The highest BCUT2D eigenvalue weighted by Crippen LogP contribution is 2.22. The van der Waals surface area contributed by atoms with Gasteiger partial charge in [0, 0.05) is 6.04 Å². The summed E-state index contributed by atoms with van der Waals surface area (Å²) in [6.07, 6.45) is 0.878. The van der Waals surface area contributed by atoms with Gasteiger partial charge in [-0.2, -0.15) is 0 Å². The fourth-order valence-electron chi connectivity index (χ4n) is 1.74. The third-order valence-corrected chi connectivity index (χ3v) is 3.00. The molecule has 1 rings (SSSR count). The second-order valence-corrected chi connectivity index (χ2v) is 4.33. The summed E-state index contributed by atoms with van der Waals surface area (Å²) in [5.41, 5.74) is 6.79. The fourth-order valence-corrected chi connectivity index (χ4v) is 1.74. The van der Waals surface area contributed by atoms with Crippen LogP contribution in [0.25, 0.3) is 0 Å². The van der Waals surface area contributed by atoms with E-state index >= 15 is 0 Å². The predicted octanol–water partition coefficient (Wildman–Crippen LogP) is 2.42. The van der Waals surface area contributed by atoms with Gasteiger partial charge < -0.3 is 10.8 Å². The molecule has 0 radical (unpaired) electrons. The maximum absolute atomic E-state index is 12.7. The molecule has 16 heavy (non-hydrogen) atoms. The van der Waals surface area contributed by atoms with Crippen molar-refractivity contribution in [2.45, 2.75) is 44.8 Å². The Kier molecular flexibility index (Phi) is 4.90. The first kappa shape index (κ1) is 13.1. The Bertz CT molecular complexity index is 312. The Morgan fingerprint density at radius 1 is 1.31 bits per heavy atom. The lowest BCUT2D eigenvalue weighted by Crippen LogP contribution is -2.34. The highest BCUT2D eigenvalue weighted by Gasteiger charge is 2.17. The van der Waals surface area contributed by atoms with Gasteiger partial charge in [0.25, 0.3) is 0 Å². The van der Waals surface area contributed by atoms with Gasteiger partial charge >= 0.3 is 0 Å². The number of aliphatic hydroxyl groups excluding tert-OH is 1. The third-order valence-electron chi connectivity index (χ3n) is 3.00.